The molecule has 2 unspecified atom stereocenters. The van der Waals surface area contributed by atoms with Gasteiger partial charge >= 0.3 is 0 Å². The van der Waals surface area contributed by atoms with Crippen LogP contribution in [0.25, 0.3) is 0 Å². The van der Waals surface area contributed by atoms with Crippen molar-refractivity contribution in [2.24, 2.45) is 0 Å². The van der Waals surface area contributed by atoms with Crippen LogP contribution in [0.2, 0.25) is 0 Å². The van der Waals surface area contributed by atoms with Gasteiger partial charge in [-0.3, -0.25) is 14.5 Å². The predicted octanol–water partition coefficient (Wildman–Crippen LogP) is -0.0638. The molecule has 4 rings (SSSR count). The Labute approximate surface area is 102 Å². The average molecular weight is 236 g/mol. The maximum Gasteiger partial charge on any atom is 0.0987 e. The zero-order valence-corrected chi connectivity index (χ0v) is 10.3. The summed E-state index contributed by atoms with van der Waals surface area (Å²) >= 11 is 0. The quantitative estimate of drug-likeness (QED) is 0.798. The number of fused-ring (bicyclic) bond motifs is 3. The number of nitrogens with zero attached hydrogens (tertiary/aromatic N) is 4. The molecular weight excluding hydrogens is 216 g/mol. The van der Waals surface area contributed by atoms with E-state index in [9.17, 15) is 5.11 Å². The molecule has 2 atom stereocenters. The Morgan fingerprint density at radius 3 is 2.71 bits per heavy atom. The summed E-state index contributed by atoms with van der Waals surface area (Å²) in [5.74, 6) is 0. The van der Waals surface area contributed by atoms with Gasteiger partial charge in [-0.15, -0.1) is 0 Å². The summed E-state index contributed by atoms with van der Waals surface area (Å²) in [6.07, 6.45) is 3.36. The van der Waals surface area contributed by atoms with Gasteiger partial charge in [0.15, 0.2) is 0 Å². The summed E-state index contributed by atoms with van der Waals surface area (Å²) in [7, 11) is 0. The molecule has 0 aliphatic carbocycles. The summed E-state index contributed by atoms with van der Waals surface area (Å²) in [5.41, 5.74) is 0.950. The number of aliphatic hydroxyl groups is 1. The Balaban J connectivity index is 1.75. The standard InChI is InChI=1S/C12H20N4O/c1-2-16-8-10(7-13-16)12(17)11-9-14-3-5-15(11)6-4-14/h7-8,11-12,17H,2-6,9H2,1H3. The van der Waals surface area contributed by atoms with Crippen LogP contribution >= 0.6 is 0 Å². The molecule has 0 radical (unpaired) electrons. The lowest BCUT2D eigenvalue weighted by atomic mass is 9.99. The molecule has 1 aromatic heterocycles. The monoisotopic (exact) mass is 236 g/mol. The van der Waals surface area contributed by atoms with Crippen LogP contribution in [0.4, 0.5) is 0 Å². The van der Waals surface area contributed by atoms with E-state index >= 15 is 0 Å². The lowest BCUT2D eigenvalue weighted by molar-refractivity contribution is -0.0470. The van der Waals surface area contributed by atoms with Gasteiger partial charge in [-0.2, -0.15) is 5.10 Å². The van der Waals surface area contributed by atoms with Crippen LogP contribution in [0.1, 0.15) is 18.6 Å². The minimum atomic E-state index is -0.404. The Hall–Kier alpha value is -0.910. The third-order valence-electron chi connectivity index (χ3n) is 4.00. The van der Waals surface area contributed by atoms with E-state index in [1.54, 1.807) is 6.20 Å². The fourth-order valence-electron chi connectivity index (χ4n) is 2.88. The molecule has 3 aliphatic heterocycles. The second kappa shape index (κ2) is 4.40. The molecule has 5 nitrogen and oxygen atoms in total. The maximum absolute atomic E-state index is 10.5. The molecule has 4 heterocycles. The van der Waals surface area contributed by atoms with E-state index in [2.05, 4.69) is 21.8 Å². The molecule has 5 heteroatoms. The molecule has 0 aromatic carbocycles. The van der Waals surface area contributed by atoms with Gasteiger partial charge in [-0.1, -0.05) is 0 Å². The number of aromatic nitrogens is 2. The number of hydrogen-bond donors (Lipinski definition) is 1. The summed E-state index contributed by atoms with van der Waals surface area (Å²) in [4.78, 5) is 4.85. The highest BCUT2D eigenvalue weighted by Crippen LogP contribution is 2.26. The third-order valence-corrected chi connectivity index (χ3v) is 4.00. The topological polar surface area (TPSA) is 44.5 Å². The molecular formula is C12H20N4O. The zero-order chi connectivity index (χ0) is 11.8. The van der Waals surface area contributed by atoms with Crippen molar-refractivity contribution in [3.63, 3.8) is 0 Å². The summed E-state index contributed by atoms with van der Waals surface area (Å²) in [6, 6.07) is 0.243. The number of aliphatic hydroxyl groups excluding tert-OH is 1. The fourth-order valence-corrected chi connectivity index (χ4v) is 2.88. The smallest absolute Gasteiger partial charge is 0.0987 e. The van der Waals surface area contributed by atoms with Crippen LogP contribution in [0.5, 0.6) is 0 Å². The minimum absolute atomic E-state index is 0.243. The Morgan fingerprint density at radius 1 is 1.41 bits per heavy atom. The van der Waals surface area contributed by atoms with Gasteiger partial charge in [0.05, 0.1) is 18.3 Å². The number of rotatable bonds is 3. The molecule has 1 aromatic rings. The first kappa shape index (κ1) is 11.2. The summed E-state index contributed by atoms with van der Waals surface area (Å²) in [5, 5.41) is 14.7. The van der Waals surface area contributed by atoms with Crippen molar-refractivity contribution in [3.8, 4) is 0 Å². The van der Waals surface area contributed by atoms with E-state index in [1.807, 2.05) is 10.9 Å². The van der Waals surface area contributed by atoms with Crippen molar-refractivity contribution in [1.82, 2.24) is 19.6 Å². The molecule has 94 valence electrons. The summed E-state index contributed by atoms with van der Waals surface area (Å²) < 4.78 is 1.87. The molecule has 3 saturated heterocycles. The van der Waals surface area contributed by atoms with Crippen LogP contribution in [0, 0.1) is 0 Å². The van der Waals surface area contributed by atoms with E-state index < -0.39 is 6.10 Å². The van der Waals surface area contributed by atoms with Crippen LogP contribution < -0.4 is 0 Å². The van der Waals surface area contributed by atoms with Crippen molar-refractivity contribution in [1.29, 1.82) is 0 Å². The Morgan fingerprint density at radius 2 is 2.18 bits per heavy atom. The highest BCUT2D eigenvalue weighted by atomic mass is 16.3. The van der Waals surface area contributed by atoms with Crippen LogP contribution in [0.15, 0.2) is 12.4 Å². The highest BCUT2D eigenvalue weighted by molar-refractivity contribution is 5.12. The SMILES string of the molecule is CCn1cc(C(O)C2CN3CCN2CC3)cn1. The van der Waals surface area contributed by atoms with Crippen molar-refractivity contribution >= 4 is 0 Å². The molecule has 3 fully saturated rings. The van der Waals surface area contributed by atoms with Crippen LogP contribution in [-0.2, 0) is 6.54 Å². The second-order valence-corrected chi connectivity index (χ2v) is 4.98. The lowest BCUT2D eigenvalue weighted by Gasteiger charge is -2.48. The van der Waals surface area contributed by atoms with Gasteiger partial charge in [0.25, 0.3) is 0 Å². The van der Waals surface area contributed by atoms with E-state index in [0.29, 0.717) is 0 Å². The maximum atomic E-state index is 10.5. The van der Waals surface area contributed by atoms with Gasteiger partial charge in [0.2, 0.25) is 0 Å². The molecule has 0 spiro atoms. The molecule has 3 aliphatic rings. The fraction of sp³-hybridized carbons (Fsp3) is 0.750. The van der Waals surface area contributed by atoms with Crippen molar-refractivity contribution in [3.05, 3.63) is 18.0 Å². The van der Waals surface area contributed by atoms with Crippen molar-refractivity contribution in [2.45, 2.75) is 25.6 Å². The molecule has 17 heavy (non-hydrogen) atoms. The minimum Gasteiger partial charge on any atom is -0.387 e. The number of hydrogen-bond acceptors (Lipinski definition) is 4. The van der Waals surface area contributed by atoms with Crippen LogP contribution in [0.3, 0.4) is 0 Å². The van der Waals surface area contributed by atoms with E-state index in [0.717, 1.165) is 44.8 Å². The molecule has 0 saturated carbocycles. The Bertz CT molecular complexity index is 384. The zero-order valence-electron chi connectivity index (χ0n) is 10.3. The first-order valence-electron chi connectivity index (χ1n) is 6.44. The van der Waals surface area contributed by atoms with Gasteiger partial charge in [-0.25, -0.2) is 0 Å². The Kier molecular flexibility index (Phi) is 2.90. The predicted molar refractivity (Wildman–Crippen MR) is 64.7 cm³/mol. The van der Waals surface area contributed by atoms with Crippen molar-refractivity contribution in [2.75, 3.05) is 32.7 Å². The molecule has 1 N–H and O–H groups in total. The van der Waals surface area contributed by atoms with E-state index in [-0.39, 0.29) is 6.04 Å². The molecule has 2 bridgehead atoms. The van der Waals surface area contributed by atoms with E-state index in [4.69, 9.17) is 0 Å². The van der Waals surface area contributed by atoms with Crippen LogP contribution in [-0.4, -0.2) is 63.5 Å². The first-order chi connectivity index (χ1) is 8.28. The molecule has 0 amide bonds. The van der Waals surface area contributed by atoms with Gasteiger partial charge in [0, 0.05) is 51.0 Å². The normalized spacial score (nSPS) is 33.9. The lowest BCUT2D eigenvalue weighted by Crippen LogP contribution is -2.62. The summed E-state index contributed by atoms with van der Waals surface area (Å²) in [6.45, 7) is 8.37. The number of piperazine rings is 3. The second-order valence-electron chi connectivity index (χ2n) is 4.98. The number of aryl methyl sites for hydroxylation is 1. The third kappa shape index (κ3) is 1.99. The highest BCUT2D eigenvalue weighted by Gasteiger charge is 2.36. The van der Waals surface area contributed by atoms with Gasteiger partial charge in [-0.05, 0) is 6.92 Å². The average Bonchev–Trinajstić information content (AvgIpc) is 2.88. The van der Waals surface area contributed by atoms with Gasteiger partial charge < -0.3 is 5.11 Å². The first-order valence-corrected chi connectivity index (χ1v) is 6.44. The van der Waals surface area contributed by atoms with Crippen molar-refractivity contribution < 1.29 is 5.11 Å². The largest absolute Gasteiger partial charge is 0.387 e. The van der Waals surface area contributed by atoms with E-state index in [1.165, 1.54) is 0 Å². The van der Waals surface area contributed by atoms with Gasteiger partial charge in [0.1, 0.15) is 0 Å².